The summed E-state index contributed by atoms with van der Waals surface area (Å²) in [5, 5.41) is -0.483. The van der Waals surface area contributed by atoms with Crippen LogP contribution in [0.2, 0.25) is 0 Å². The number of alkyl halides is 3. The minimum atomic E-state index is -4.41. The highest BCUT2D eigenvalue weighted by Gasteiger charge is 2.53. The van der Waals surface area contributed by atoms with Crippen molar-refractivity contribution in [2.24, 2.45) is 0 Å². The molecule has 4 rings (SSSR count). The van der Waals surface area contributed by atoms with E-state index in [0.717, 1.165) is 22.6 Å². The van der Waals surface area contributed by atoms with Crippen molar-refractivity contribution in [3.63, 3.8) is 0 Å². The van der Waals surface area contributed by atoms with E-state index in [1.54, 1.807) is 18.2 Å². The molecule has 3 amide bonds. The molecule has 2 heterocycles. The van der Waals surface area contributed by atoms with Gasteiger partial charge in [0.25, 0.3) is 5.91 Å². The molecule has 1 unspecified atom stereocenters. The molecule has 140 valence electrons. The molecule has 2 saturated heterocycles. The normalized spacial score (nSPS) is 22.5. The second-order valence-electron chi connectivity index (χ2n) is 6.52. The fourth-order valence-corrected chi connectivity index (χ4v) is 4.80. The lowest BCUT2D eigenvalue weighted by Gasteiger charge is -2.23. The Hall–Kier alpha value is -2.48. The van der Waals surface area contributed by atoms with Gasteiger partial charge in [-0.2, -0.15) is 13.2 Å². The SMILES string of the molecule is Cc1cccc(N2C(=O)[C@@H]3CSC(c4ccc(C(F)(F)F)cc4)N3C2=O)c1. The summed E-state index contributed by atoms with van der Waals surface area (Å²) in [5.41, 5.74) is 1.27. The number of fused-ring (bicyclic) bond motifs is 1. The lowest BCUT2D eigenvalue weighted by Crippen LogP contribution is -2.33. The molecule has 0 radical (unpaired) electrons. The first-order valence-electron chi connectivity index (χ1n) is 8.29. The van der Waals surface area contributed by atoms with Gasteiger partial charge in [0, 0.05) is 5.75 Å². The van der Waals surface area contributed by atoms with Crippen molar-refractivity contribution in [2.45, 2.75) is 24.5 Å². The first-order chi connectivity index (χ1) is 12.8. The smallest absolute Gasteiger partial charge is 0.295 e. The summed E-state index contributed by atoms with van der Waals surface area (Å²) in [5.74, 6) is 0.117. The maximum atomic E-state index is 13.0. The average Bonchev–Trinajstić information content (AvgIpc) is 3.15. The Balaban J connectivity index is 1.64. The lowest BCUT2D eigenvalue weighted by molar-refractivity contribution is -0.137. The zero-order valence-electron chi connectivity index (χ0n) is 14.2. The number of amides is 3. The number of nitrogens with zero attached hydrogens (tertiary/aromatic N) is 2. The van der Waals surface area contributed by atoms with Gasteiger partial charge in [0.05, 0.1) is 11.3 Å². The number of halogens is 3. The molecule has 0 bridgehead atoms. The van der Waals surface area contributed by atoms with Crippen LogP contribution in [0.4, 0.5) is 23.7 Å². The zero-order valence-corrected chi connectivity index (χ0v) is 15.1. The molecular formula is C19H15F3N2O2S. The molecule has 0 saturated carbocycles. The number of anilines is 1. The minimum Gasteiger partial charge on any atom is -0.295 e. The van der Waals surface area contributed by atoms with Crippen molar-refractivity contribution in [2.75, 3.05) is 10.7 Å². The van der Waals surface area contributed by atoms with Crippen molar-refractivity contribution in [3.05, 3.63) is 65.2 Å². The standard InChI is InChI=1S/C19H15F3N2O2S/c1-11-3-2-4-14(9-11)23-16(25)15-10-27-17(24(15)18(23)26)12-5-7-13(8-6-12)19(20,21)22/h2-9,15,17H,10H2,1H3/t15-,17?/m0/s1. The largest absolute Gasteiger partial charge is 0.416 e. The van der Waals surface area contributed by atoms with Crippen LogP contribution in [0.5, 0.6) is 0 Å². The van der Waals surface area contributed by atoms with Crippen molar-refractivity contribution in [1.82, 2.24) is 4.90 Å². The van der Waals surface area contributed by atoms with Gasteiger partial charge in [-0.1, -0.05) is 24.3 Å². The molecule has 0 spiro atoms. The third-order valence-corrected chi connectivity index (χ3v) is 6.02. The second kappa shape index (κ2) is 6.30. The van der Waals surface area contributed by atoms with Crippen LogP contribution in [0.1, 0.15) is 22.1 Å². The van der Waals surface area contributed by atoms with Crippen molar-refractivity contribution >= 4 is 29.4 Å². The molecule has 0 N–H and O–H groups in total. The molecule has 4 nitrogen and oxygen atoms in total. The third-order valence-electron chi connectivity index (χ3n) is 4.70. The van der Waals surface area contributed by atoms with Crippen LogP contribution >= 0.6 is 11.8 Å². The van der Waals surface area contributed by atoms with E-state index in [1.165, 1.54) is 28.8 Å². The van der Waals surface area contributed by atoms with Gasteiger partial charge in [-0.15, -0.1) is 11.8 Å². The number of carbonyl (C=O) groups excluding carboxylic acids is 2. The van der Waals surface area contributed by atoms with Gasteiger partial charge in [0.1, 0.15) is 11.4 Å². The fourth-order valence-electron chi connectivity index (χ4n) is 3.39. The molecule has 27 heavy (non-hydrogen) atoms. The molecule has 0 aromatic heterocycles. The van der Waals surface area contributed by atoms with Gasteiger partial charge in [-0.05, 0) is 42.3 Å². The van der Waals surface area contributed by atoms with E-state index in [4.69, 9.17) is 0 Å². The summed E-state index contributed by atoms with van der Waals surface area (Å²) in [6, 6.07) is 10.8. The fraction of sp³-hybridized carbons (Fsp3) is 0.263. The van der Waals surface area contributed by atoms with Crippen LogP contribution in [0.15, 0.2) is 48.5 Å². The Morgan fingerprint density at radius 2 is 1.78 bits per heavy atom. The van der Waals surface area contributed by atoms with Gasteiger partial charge >= 0.3 is 12.2 Å². The quantitative estimate of drug-likeness (QED) is 0.702. The average molecular weight is 392 g/mol. The minimum absolute atomic E-state index is 0.299. The van der Waals surface area contributed by atoms with Crippen molar-refractivity contribution < 1.29 is 22.8 Å². The summed E-state index contributed by atoms with van der Waals surface area (Å²) in [4.78, 5) is 28.4. The Bertz CT molecular complexity index is 914. The topological polar surface area (TPSA) is 40.6 Å². The molecule has 8 heteroatoms. The van der Waals surface area contributed by atoms with Crippen molar-refractivity contribution in [1.29, 1.82) is 0 Å². The van der Waals surface area contributed by atoms with E-state index in [9.17, 15) is 22.8 Å². The zero-order chi connectivity index (χ0) is 19.3. The number of urea groups is 1. The van der Waals surface area contributed by atoms with Crippen molar-refractivity contribution in [3.8, 4) is 0 Å². The van der Waals surface area contributed by atoms with Gasteiger partial charge < -0.3 is 0 Å². The predicted molar refractivity (Wildman–Crippen MR) is 96.3 cm³/mol. The van der Waals surface area contributed by atoms with E-state index in [1.807, 2.05) is 13.0 Å². The van der Waals surface area contributed by atoms with Gasteiger partial charge in [0.2, 0.25) is 0 Å². The van der Waals surface area contributed by atoms with Crippen LogP contribution in [-0.4, -0.2) is 28.6 Å². The maximum Gasteiger partial charge on any atom is 0.416 e. The number of imide groups is 1. The number of hydrogen-bond acceptors (Lipinski definition) is 3. The van der Waals surface area contributed by atoms with Gasteiger partial charge in [-0.3, -0.25) is 9.69 Å². The Morgan fingerprint density at radius 3 is 2.41 bits per heavy atom. The molecule has 2 atom stereocenters. The molecule has 2 aliphatic rings. The molecule has 0 aliphatic carbocycles. The number of rotatable bonds is 2. The Labute approximate surface area is 157 Å². The van der Waals surface area contributed by atoms with Gasteiger partial charge in [-0.25, -0.2) is 9.69 Å². The van der Waals surface area contributed by atoms with Crippen LogP contribution in [0.3, 0.4) is 0 Å². The van der Waals surface area contributed by atoms with Crippen LogP contribution in [0.25, 0.3) is 0 Å². The lowest BCUT2D eigenvalue weighted by atomic mass is 10.1. The first kappa shape index (κ1) is 17.9. The van der Waals surface area contributed by atoms with E-state index < -0.39 is 29.2 Å². The number of carbonyl (C=O) groups is 2. The highest BCUT2D eigenvalue weighted by molar-refractivity contribution is 7.99. The first-order valence-corrected chi connectivity index (χ1v) is 9.34. The van der Waals surface area contributed by atoms with E-state index in [0.29, 0.717) is 17.0 Å². The number of aryl methyl sites for hydroxylation is 1. The summed E-state index contributed by atoms with van der Waals surface area (Å²) in [6.07, 6.45) is -4.41. The number of thioether (sulfide) groups is 1. The van der Waals surface area contributed by atoms with Crippen LogP contribution < -0.4 is 4.90 Å². The molecule has 2 aromatic carbocycles. The highest BCUT2D eigenvalue weighted by Crippen LogP contribution is 2.46. The Kier molecular flexibility index (Phi) is 4.18. The molecular weight excluding hydrogens is 377 g/mol. The molecule has 2 aromatic rings. The molecule has 2 aliphatic heterocycles. The Morgan fingerprint density at radius 1 is 1.07 bits per heavy atom. The monoisotopic (exact) mass is 392 g/mol. The van der Waals surface area contributed by atoms with Crippen LogP contribution in [0, 0.1) is 6.92 Å². The van der Waals surface area contributed by atoms with E-state index in [2.05, 4.69) is 0 Å². The summed E-state index contributed by atoms with van der Waals surface area (Å²) in [7, 11) is 0. The maximum absolute atomic E-state index is 13.0. The van der Waals surface area contributed by atoms with Crippen LogP contribution in [-0.2, 0) is 11.0 Å². The number of benzene rings is 2. The van der Waals surface area contributed by atoms with E-state index >= 15 is 0 Å². The third kappa shape index (κ3) is 2.97. The van der Waals surface area contributed by atoms with E-state index in [-0.39, 0.29) is 5.91 Å². The summed E-state index contributed by atoms with van der Waals surface area (Å²) in [6.45, 7) is 1.87. The van der Waals surface area contributed by atoms with Gasteiger partial charge in [0.15, 0.2) is 0 Å². The summed E-state index contributed by atoms with van der Waals surface area (Å²) >= 11 is 1.39. The second-order valence-corrected chi connectivity index (χ2v) is 7.64. The predicted octanol–water partition coefficient (Wildman–Crippen LogP) is 4.60. The molecule has 2 fully saturated rings. The highest BCUT2D eigenvalue weighted by atomic mass is 32.2. The summed E-state index contributed by atoms with van der Waals surface area (Å²) < 4.78 is 38.3. The number of hydrogen-bond donors (Lipinski definition) is 0.